The van der Waals surface area contributed by atoms with E-state index in [9.17, 15) is 33.1 Å². The number of carbonyl (C=O) groups is 1. The normalized spacial score (nSPS) is 11.8. The van der Waals surface area contributed by atoms with Crippen LogP contribution in [0.15, 0.2) is 104 Å². The van der Waals surface area contributed by atoms with Gasteiger partial charge < -0.3 is 21.1 Å². The molecule has 0 radical (unpaired) electrons. The van der Waals surface area contributed by atoms with Crippen molar-refractivity contribution in [3.63, 3.8) is 0 Å². The molecule has 0 spiro atoms. The summed E-state index contributed by atoms with van der Waals surface area (Å²) in [4.78, 5) is 10.7. The fraction of sp³-hybridized carbons (Fsp3) is 0. The number of fused-ring (bicyclic) bond motifs is 2. The minimum atomic E-state index is -4.78. The van der Waals surface area contributed by atoms with Gasteiger partial charge in [-0.25, -0.2) is 4.79 Å². The van der Waals surface area contributed by atoms with Crippen LogP contribution in [0.3, 0.4) is 0 Å². The number of hydrogen-bond donors (Lipinski definition) is 5. The Morgan fingerprint density at radius 2 is 1.39 bits per heavy atom. The Bertz CT molecular complexity index is 2010. The smallest absolute Gasteiger partial charge is 0.507 e. The van der Waals surface area contributed by atoms with E-state index in [0.717, 1.165) is 0 Å². The number of phenolic OH excluding ortho intramolecular Hbond substituents is 1. The molecule has 0 aliphatic carbocycles. The molecule has 0 saturated heterocycles. The van der Waals surface area contributed by atoms with Crippen molar-refractivity contribution in [1.82, 2.24) is 0 Å². The number of phenols is 2. The van der Waals surface area contributed by atoms with E-state index in [1.807, 2.05) is 0 Å². The van der Waals surface area contributed by atoms with E-state index in [-0.39, 0.29) is 46.2 Å². The number of nitrogens with zero attached hydrogens (tertiary/aromatic N) is 4. The standard InChI is InChI=1S/C27H19N5O7S.Na/c28-15-6-5-14-11-24(40(37,38)39)25(26(34)19(14)12-15)32-31-22-9-8-21(17-3-1-2-4-18(17)22)30-29-16-7-10-23(33)20(13-16)27(35)36;/h1-13,33-34H,28H2,(H,35,36)(H,37,38,39);/q;+1. The van der Waals surface area contributed by atoms with Crippen molar-refractivity contribution in [2.45, 2.75) is 4.90 Å². The summed E-state index contributed by atoms with van der Waals surface area (Å²) in [5.74, 6) is -2.23. The van der Waals surface area contributed by atoms with E-state index in [4.69, 9.17) is 5.73 Å². The largest absolute Gasteiger partial charge is 1.00 e. The van der Waals surface area contributed by atoms with Crippen LogP contribution in [0, 0.1) is 0 Å². The molecule has 0 saturated carbocycles. The van der Waals surface area contributed by atoms with Crippen molar-refractivity contribution in [3.05, 3.63) is 84.4 Å². The summed E-state index contributed by atoms with van der Waals surface area (Å²) in [6.07, 6.45) is 0. The number of carboxylic acids is 1. The molecule has 0 atom stereocenters. The van der Waals surface area contributed by atoms with Gasteiger partial charge in [0.15, 0.2) is 5.75 Å². The van der Waals surface area contributed by atoms with Crippen LogP contribution in [0.2, 0.25) is 0 Å². The Kier molecular flexibility index (Phi) is 8.37. The van der Waals surface area contributed by atoms with E-state index in [2.05, 4.69) is 20.5 Å². The number of hydrogen-bond acceptors (Lipinski definition) is 10. The maximum absolute atomic E-state index is 12.1. The first-order valence-electron chi connectivity index (χ1n) is 11.5. The van der Waals surface area contributed by atoms with Gasteiger partial charge in [-0.3, -0.25) is 4.55 Å². The topological polar surface area (TPSA) is 208 Å². The van der Waals surface area contributed by atoms with Crippen LogP contribution in [0.5, 0.6) is 11.5 Å². The SMILES string of the molecule is Nc1ccc2cc(S(=O)(=O)O)c(N=Nc3ccc(N=Nc4ccc(O)c(C(=O)O)c4)c4ccccc34)c(O)c2c1.[Na+]. The third kappa shape index (κ3) is 6.04. The zero-order chi connectivity index (χ0) is 28.6. The number of azo groups is 2. The monoisotopic (exact) mass is 580 g/mol. The van der Waals surface area contributed by atoms with E-state index in [1.165, 1.54) is 42.5 Å². The molecule has 0 bridgehead atoms. The molecule has 0 aliphatic rings. The number of nitrogen functional groups attached to an aromatic ring is 1. The second kappa shape index (κ2) is 11.6. The van der Waals surface area contributed by atoms with Gasteiger partial charge in [0, 0.05) is 21.8 Å². The van der Waals surface area contributed by atoms with Gasteiger partial charge in [0.25, 0.3) is 10.1 Å². The second-order valence-electron chi connectivity index (χ2n) is 8.58. The number of anilines is 1. The molecule has 0 amide bonds. The third-order valence-corrected chi connectivity index (χ3v) is 6.84. The molecular weight excluding hydrogens is 561 g/mol. The summed E-state index contributed by atoms with van der Waals surface area (Å²) in [5.41, 5.74) is 6.25. The Morgan fingerprint density at radius 1 is 0.756 bits per heavy atom. The predicted molar refractivity (Wildman–Crippen MR) is 147 cm³/mol. The van der Waals surface area contributed by atoms with Crippen molar-refractivity contribution < 1.29 is 62.6 Å². The van der Waals surface area contributed by atoms with E-state index in [0.29, 0.717) is 33.2 Å². The van der Waals surface area contributed by atoms with Crippen LogP contribution in [0.4, 0.5) is 28.4 Å². The summed E-state index contributed by atoms with van der Waals surface area (Å²) in [7, 11) is -4.78. The average Bonchev–Trinajstić information content (AvgIpc) is 2.92. The van der Waals surface area contributed by atoms with Gasteiger partial charge in [-0.1, -0.05) is 30.3 Å². The minimum absolute atomic E-state index is 0. The second-order valence-corrected chi connectivity index (χ2v) is 9.97. The summed E-state index contributed by atoms with van der Waals surface area (Å²) < 4.78 is 34.0. The number of nitrogens with two attached hydrogens (primary N) is 1. The van der Waals surface area contributed by atoms with Crippen LogP contribution in [-0.4, -0.2) is 34.3 Å². The van der Waals surface area contributed by atoms with Gasteiger partial charge in [-0.2, -0.15) is 13.5 Å². The molecule has 12 nitrogen and oxygen atoms in total. The maximum atomic E-state index is 12.1. The van der Waals surface area contributed by atoms with Crippen LogP contribution in [0.1, 0.15) is 10.4 Å². The van der Waals surface area contributed by atoms with Gasteiger partial charge in [0.1, 0.15) is 21.9 Å². The molecule has 14 heteroatoms. The number of carboxylic acid groups (broad SMARTS) is 1. The average molecular weight is 581 g/mol. The number of aromatic carboxylic acids is 1. The van der Waals surface area contributed by atoms with Crippen LogP contribution in [0.25, 0.3) is 21.5 Å². The summed E-state index contributed by atoms with van der Waals surface area (Å²) in [6, 6.07) is 19.5. The van der Waals surface area contributed by atoms with E-state index >= 15 is 0 Å². The van der Waals surface area contributed by atoms with Crippen LogP contribution >= 0.6 is 0 Å². The third-order valence-electron chi connectivity index (χ3n) is 5.97. The molecule has 0 unspecified atom stereocenters. The zero-order valence-corrected chi connectivity index (χ0v) is 24.1. The summed E-state index contributed by atoms with van der Waals surface area (Å²) in [6.45, 7) is 0. The molecular formula is C27H19N5NaO7S+. The van der Waals surface area contributed by atoms with Crippen molar-refractivity contribution >= 4 is 66.1 Å². The number of benzene rings is 5. The number of rotatable bonds is 6. The van der Waals surface area contributed by atoms with Gasteiger partial charge in [-0.05, 0) is 53.9 Å². The Labute approximate surface area is 254 Å². The molecule has 0 aromatic heterocycles. The molecule has 6 N–H and O–H groups in total. The molecule has 0 fully saturated rings. The van der Waals surface area contributed by atoms with Crippen molar-refractivity contribution in [3.8, 4) is 11.5 Å². The van der Waals surface area contributed by atoms with Crippen molar-refractivity contribution in [2.75, 3.05) is 5.73 Å². The van der Waals surface area contributed by atoms with Crippen molar-refractivity contribution in [2.24, 2.45) is 20.5 Å². The first-order chi connectivity index (χ1) is 19.0. The van der Waals surface area contributed by atoms with Crippen LogP contribution in [-0.2, 0) is 10.1 Å². The predicted octanol–water partition coefficient (Wildman–Crippen LogP) is 3.77. The Hall–Kier alpha value is -4.40. The summed E-state index contributed by atoms with van der Waals surface area (Å²) >= 11 is 0. The Morgan fingerprint density at radius 3 is 2.00 bits per heavy atom. The van der Waals surface area contributed by atoms with Gasteiger partial charge >= 0.3 is 35.5 Å². The fourth-order valence-electron chi connectivity index (χ4n) is 4.07. The minimum Gasteiger partial charge on any atom is -0.507 e. The van der Waals surface area contributed by atoms with Gasteiger partial charge in [0.2, 0.25) is 0 Å². The molecule has 41 heavy (non-hydrogen) atoms. The maximum Gasteiger partial charge on any atom is 1.00 e. The molecule has 200 valence electrons. The first kappa shape index (κ1) is 29.6. The van der Waals surface area contributed by atoms with Crippen LogP contribution < -0.4 is 35.3 Å². The van der Waals surface area contributed by atoms with Crippen molar-refractivity contribution in [1.29, 1.82) is 0 Å². The fourth-order valence-corrected chi connectivity index (χ4v) is 4.72. The van der Waals surface area contributed by atoms with Gasteiger partial charge in [0.05, 0.1) is 17.1 Å². The quantitative estimate of drug-likeness (QED) is 0.0862. The summed E-state index contributed by atoms with van der Waals surface area (Å²) in [5, 5.41) is 47.9. The Balaban J connectivity index is 0.00000387. The molecule has 5 aromatic carbocycles. The number of aromatic hydroxyl groups is 2. The molecule has 0 heterocycles. The zero-order valence-electron chi connectivity index (χ0n) is 21.3. The molecule has 5 rings (SSSR count). The van der Waals surface area contributed by atoms with E-state index in [1.54, 1.807) is 36.4 Å². The molecule has 0 aliphatic heterocycles. The first-order valence-corrected chi connectivity index (χ1v) is 12.9. The molecule has 5 aromatic rings. The van der Waals surface area contributed by atoms with Gasteiger partial charge in [-0.15, -0.1) is 15.3 Å². The van der Waals surface area contributed by atoms with E-state index < -0.39 is 38.2 Å².